The molecule has 94 valence electrons. The molecule has 1 aromatic heterocycles. The molecule has 0 aliphatic carbocycles. The number of carbonyl (C=O) groups excluding carboxylic acids is 1. The van der Waals surface area contributed by atoms with E-state index in [1.165, 1.54) is 7.11 Å². The summed E-state index contributed by atoms with van der Waals surface area (Å²) < 4.78 is 4.54. The van der Waals surface area contributed by atoms with Gasteiger partial charge in [-0.2, -0.15) is 0 Å². The Morgan fingerprint density at radius 1 is 1.33 bits per heavy atom. The van der Waals surface area contributed by atoms with Gasteiger partial charge in [-0.1, -0.05) is 12.1 Å². The summed E-state index contributed by atoms with van der Waals surface area (Å²) in [5.41, 5.74) is 7.28. The number of hydrogen-bond acceptors (Lipinski definition) is 6. The molecule has 2 rings (SSSR count). The van der Waals surface area contributed by atoms with Crippen LogP contribution in [0.5, 0.6) is 0 Å². The minimum absolute atomic E-state index is 0.254. The van der Waals surface area contributed by atoms with Crippen LogP contribution in [0.2, 0.25) is 0 Å². The molecule has 6 heteroatoms. The Bertz CT molecular complexity index is 571. The first-order valence-corrected chi connectivity index (χ1v) is 5.53. The largest absolute Gasteiger partial charge is 0.469 e. The normalized spacial score (nSPS) is 10.3. The number of nitrogen functional groups attached to an aromatic ring is 1. The molecule has 0 unspecified atom stereocenters. The van der Waals surface area contributed by atoms with Gasteiger partial charge in [-0.3, -0.25) is 4.79 Å². The first-order valence-electron chi connectivity index (χ1n) is 5.53. The topological polar surface area (TPSA) is 90.1 Å². The van der Waals surface area contributed by atoms with Crippen molar-refractivity contribution in [2.75, 3.05) is 24.7 Å². The van der Waals surface area contributed by atoms with Crippen LogP contribution in [-0.4, -0.2) is 29.6 Å². The van der Waals surface area contributed by atoms with Crippen LogP contribution in [0.3, 0.4) is 0 Å². The highest BCUT2D eigenvalue weighted by atomic mass is 16.5. The lowest BCUT2D eigenvalue weighted by atomic mass is 10.3. The molecule has 0 saturated carbocycles. The number of benzene rings is 1. The second-order valence-electron chi connectivity index (χ2n) is 3.70. The van der Waals surface area contributed by atoms with Crippen molar-refractivity contribution in [3.63, 3.8) is 0 Å². The molecular weight excluding hydrogens is 232 g/mol. The third-order valence-corrected chi connectivity index (χ3v) is 2.45. The van der Waals surface area contributed by atoms with Crippen molar-refractivity contribution >= 4 is 28.6 Å². The van der Waals surface area contributed by atoms with Crippen molar-refractivity contribution in [3.05, 3.63) is 24.3 Å². The summed E-state index contributed by atoms with van der Waals surface area (Å²) in [6.07, 6.45) is 0.254. The lowest BCUT2D eigenvalue weighted by Gasteiger charge is -2.08. The van der Waals surface area contributed by atoms with Gasteiger partial charge in [0.1, 0.15) is 0 Å². The number of fused-ring (bicyclic) bond motifs is 1. The maximum Gasteiger partial charge on any atom is 0.307 e. The van der Waals surface area contributed by atoms with E-state index in [1.54, 1.807) is 0 Å². The third-order valence-electron chi connectivity index (χ3n) is 2.45. The van der Waals surface area contributed by atoms with Crippen LogP contribution in [0.1, 0.15) is 6.42 Å². The van der Waals surface area contributed by atoms with Crippen LogP contribution in [0.25, 0.3) is 11.0 Å². The number of hydrogen-bond donors (Lipinski definition) is 2. The van der Waals surface area contributed by atoms with Gasteiger partial charge in [-0.15, -0.1) is 0 Å². The summed E-state index contributed by atoms with van der Waals surface area (Å²) in [4.78, 5) is 19.5. The molecule has 1 aromatic carbocycles. The SMILES string of the molecule is COC(=O)CCNc1nc2ccccc2nc1N. The number of aromatic nitrogens is 2. The molecule has 0 saturated heterocycles. The molecule has 0 radical (unpaired) electrons. The molecule has 18 heavy (non-hydrogen) atoms. The molecule has 3 N–H and O–H groups in total. The molecule has 6 nitrogen and oxygen atoms in total. The molecule has 0 spiro atoms. The number of ether oxygens (including phenoxy) is 1. The minimum Gasteiger partial charge on any atom is -0.469 e. The number of nitrogens with two attached hydrogens (primary N) is 1. The highest BCUT2D eigenvalue weighted by Crippen LogP contribution is 2.18. The molecule has 1 heterocycles. The molecule has 0 bridgehead atoms. The molecular formula is C12H14N4O2. The molecule has 0 aliphatic rings. The number of nitrogens with zero attached hydrogens (tertiary/aromatic N) is 2. The summed E-state index contributed by atoms with van der Waals surface area (Å²) in [6.45, 7) is 0.407. The van der Waals surface area contributed by atoms with E-state index in [9.17, 15) is 4.79 Å². The summed E-state index contributed by atoms with van der Waals surface area (Å²) in [6, 6.07) is 7.45. The number of esters is 1. The molecule has 0 fully saturated rings. The van der Waals surface area contributed by atoms with Gasteiger partial charge in [0.25, 0.3) is 0 Å². The van der Waals surface area contributed by atoms with E-state index in [2.05, 4.69) is 20.0 Å². The molecule has 0 amide bonds. The fraction of sp³-hybridized carbons (Fsp3) is 0.250. The summed E-state index contributed by atoms with van der Waals surface area (Å²) in [7, 11) is 1.35. The predicted octanol–water partition coefficient (Wildman–Crippen LogP) is 1.19. The third kappa shape index (κ3) is 2.65. The monoisotopic (exact) mass is 246 g/mol. The van der Waals surface area contributed by atoms with Crippen molar-refractivity contribution in [1.82, 2.24) is 9.97 Å². The van der Waals surface area contributed by atoms with Crippen LogP contribution in [0.15, 0.2) is 24.3 Å². The van der Waals surface area contributed by atoms with Crippen LogP contribution >= 0.6 is 0 Å². The number of methoxy groups -OCH3 is 1. The van der Waals surface area contributed by atoms with Crippen molar-refractivity contribution in [3.8, 4) is 0 Å². The number of para-hydroxylation sites is 2. The Labute approximate surface area is 104 Å². The predicted molar refractivity (Wildman–Crippen MR) is 69.1 cm³/mol. The average molecular weight is 246 g/mol. The van der Waals surface area contributed by atoms with Crippen LogP contribution < -0.4 is 11.1 Å². The van der Waals surface area contributed by atoms with Gasteiger partial charge in [0.15, 0.2) is 11.6 Å². The van der Waals surface area contributed by atoms with Crippen LogP contribution in [0, 0.1) is 0 Å². The van der Waals surface area contributed by atoms with E-state index >= 15 is 0 Å². The molecule has 0 atom stereocenters. The lowest BCUT2D eigenvalue weighted by molar-refractivity contribution is -0.140. The second kappa shape index (κ2) is 5.31. The summed E-state index contributed by atoms with van der Waals surface area (Å²) in [5, 5.41) is 2.97. The number of rotatable bonds is 4. The smallest absolute Gasteiger partial charge is 0.307 e. The van der Waals surface area contributed by atoms with Crippen molar-refractivity contribution in [2.45, 2.75) is 6.42 Å². The first-order chi connectivity index (χ1) is 8.70. The van der Waals surface area contributed by atoms with Gasteiger partial charge < -0.3 is 15.8 Å². The number of anilines is 2. The Morgan fingerprint density at radius 2 is 2.00 bits per heavy atom. The van der Waals surface area contributed by atoms with Gasteiger partial charge in [0.2, 0.25) is 0 Å². The minimum atomic E-state index is -0.283. The highest BCUT2D eigenvalue weighted by Gasteiger charge is 2.06. The van der Waals surface area contributed by atoms with E-state index in [0.717, 1.165) is 11.0 Å². The van der Waals surface area contributed by atoms with Gasteiger partial charge in [0.05, 0.1) is 24.6 Å². The Balaban J connectivity index is 2.13. The Morgan fingerprint density at radius 3 is 2.67 bits per heavy atom. The summed E-state index contributed by atoms with van der Waals surface area (Å²) in [5.74, 6) is 0.519. The lowest BCUT2D eigenvalue weighted by Crippen LogP contribution is -2.12. The van der Waals surface area contributed by atoms with Gasteiger partial charge in [-0.25, -0.2) is 9.97 Å². The van der Waals surface area contributed by atoms with Gasteiger partial charge in [-0.05, 0) is 12.1 Å². The maximum atomic E-state index is 11.0. The molecule has 0 aliphatic heterocycles. The van der Waals surface area contributed by atoms with E-state index < -0.39 is 0 Å². The van der Waals surface area contributed by atoms with Crippen molar-refractivity contribution < 1.29 is 9.53 Å². The second-order valence-corrected chi connectivity index (χ2v) is 3.70. The zero-order valence-corrected chi connectivity index (χ0v) is 10.0. The van der Waals surface area contributed by atoms with E-state index in [-0.39, 0.29) is 12.4 Å². The zero-order valence-electron chi connectivity index (χ0n) is 10.0. The molecule has 2 aromatic rings. The fourth-order valence-corrected chi connectivity index (χ4v) is 1.53. The zero-order chi connectivity index (χ0) is 13.0. The van der Waals surface area contributed by atoms with E-state index in [4.69, 9.17) is 5.73 Å². The van der Waals surface area contributed by atoms with E-state index in [0.29, 0.717) is 18.2 Å². The van der Waals surface area contributed by atoms with Crippen molar-refractivity contribution in [2.24, 2.45) is 0 Å². The van der Waals surface area contributed by atoms with E-state index in [1.807, 2.05) is 24.3 Å². The van der Waals surface area contributed by atoms with Crippen LogP contribution in [-0.2, 0) is 9.53 Å². The van der Waals surface area contributed by atoms with Crippen molar-refractivity contribution in [1.29, 1.82) is 0 Å². The maximum absolute atomic E-state index is 11.0. The van der Waals surface area contributed by atoms with Gasteiger partial charge >= 0.3 is 5.97 Å². The van der Waals surface area contributed by atoms with Gasteiger partial charge in [0, 0.05) is 6.54 Å². The fourth-order valence-electron chi connectivity index (χ4n) is 1.53. The quantitative estimate of drug-likeness (QED) is 0.787. The summed E-state index contributed by atoms with van der Waals surface area (Å²) >= 11 is 0. The standard InChI is InChI=1S/C12H14N4O2/c1-18-10(17)6-7-14-12-11(13)15-8-4-2-3-5-9(8)16-12/h2-5H,6-7H2,1H3,(H2,13,15)(H,14,16). The Kier molecular flexibility index (Phi) is 3.57. The average Bonchev–Trinajstić information content (AvgIpc) is 2.39. The number of nitrogens with one attached hydrogen (secondary N) is 1. The Hall–Kier alpha value is -2.37. The number of carbonyl (C=O) groups is 1. The highest BCUT2D eigenvalue weighted by molar-refractivity contribution is 5.79. The van der Waals surface area contributed by atoms with Crippen LogP contribution in [0.4, 0.5) is 11.6 Å². The first kappa shape index (κ1) is 12.1.